The van der Waals surface area contributed by atoms with E-state index in [1.165, 1.54) is 38.3 Å². The standard InChI is InChI=1S/C78H64BN3O.3Cd/c1-49-45-55(77(6,7)8)46-65-74(49)82(58-40-36-54(37-41-58)76(3,4)5)75-50(2)63(78(9,10)11)48-68-73(75)79(65)64-43-42-59(80(56-26-16-13-17-27-56)66-44-35-51-23-18-19-28-60(51)71(66)53-24-14-12-15-25-53)47-67(64)81(68)57-38-33-52(34-39-57)61-30-22-32-70-72(61)62-29-20-21-31-69(62)83-70;;;/h12-26,28-38,42-48H,1-2H2,3-11H3;;;/q-6;3*+2. The first-order chi connectivity index (χ1) is 39.9. The number of para-hydroxylation sites is 2. The average molecular weight is 1410 g/mol. The number of fused-ring (bicyclic) bond motifs is 8. The largest absolute Gasteiger partial charge is 2.00 e. The third-order valence-corrected chi connectivity index (χ3v) is 17.1. The number of furan rings is 1. The van der Waals surface area contributed by atoms with Gasteiger partial charge in [-0.1, -0.05) is 216 Å². The van der Waals surface area contributed by atoms with Gasteiger partial charge >= 0.3 is 81.9 Å². The van der Waals surface area contributed by atoms with Gasteiger partial charge in [0.25, 0.3) is 0 Å². The SMILES string of the molecule is [CH2-]c1cc(C(C)(C)C)cc2c1N(c1[c-]cc(C(C)(C)C)c[c-]1)c1c([CH2-])c(C(C)(C)C)cc3c1B2c1ccc(N(c2[c-]cccc2)c2ccc4ccccc4c2-c2ccccc2)cc1N3c1[c-]cc(-c2cccc3oc4ccccc4c23)cc1.[Cd+2].[Cd+2].[Cd+2]. The molecule has 0 bridgehead atoms. The van der Waals surface area contributed by atoms with Gasteiger partial charge in [0, 0.05) is 33.4 Å². The van der Waals surface area contributed by atoms with Crippen LogP contribution in [0.1, 0.15) is 90.1 Å². The molecule has 2 aliphatic rings. The summed E-state index contributed by atoms with van der Waals surface area (Å²) < 4.78 is 6.42. The predicted molar refractivity (Wildman–Crippen MR) is 351 cm³/mol. The number of hydrogen-bond donors (Lipinski definition) is 0. The van der Waals surface area contributed by atoms with E-state index in [4.69, 9.17) is 18.3 Å². The van der Waals surface area contributed by atoms with Crippen LogP contribution in [0.25, 0.3) is 55.0 Å². The van der Waals surface area contributed by atoms with Crippen molar-refractivity contribution in [3.63, 3.8) is 0 Å². The van der Waals surface area contributed by atoms with Crippen LogP contribution < -0.4 is 31.1 Å². The van der Waals surface area contributed by atoms with E-state index in [1.807, 2.05) is 24.3 Å². The van der Waals surface area contributed by atoms with Crippen LogP contribution in [0.5, 0.6) is 0 Å². The molecule has 1 aromatic heterocycles. The van der Waals surface area contributed by atoms with Gasteiger partial charge < -0.3 is 31.2 Å². The van der Waals surface area contributed by atoms with Crippen LogP contribution in [0.15, 0.2) is 205 Å². The molecule has 8 heteroatoms. The van der Waals surface area contributed by atoms with E-state index in [9.17, 15) is 0 Å². The normalized spacial score (nSPS) is 12.7. The van der Waals surface area contributed by atoms with Crippen molar-refractivity contribution in [1.29, 1.82) is 0 Å². The topological polar surface area (TPSA) is 22.9 Å². The fourth-order valence-corrected chi connectivity index (χ4v) is 13.0. The summed E-state index contributed by atoms with van der Waals surface area (Å²) in [6, 6.07) is 87.5. The number of benzene rings is 11. The van der Waals surface area contributed by atoms with E-state index < -0.39 is 0 Å². The molecule has 406 valence electrons. The Kier molecular flexibility index (Phi) is 16.5. The molecule has 0 unspecified atom stereocenters. The molecule has 2 aliphatic heterocycles. The van der Waals surface area contributed by atoms with Crippen LogP contribution in [0.2, 0.25) is 0 Å². The van der Waals surface area contributed by atoms with Crippen molar-refractivity contribution in [3.8, 4) is 22.3 Å². The fraction of sp³-hybridized carbons (Fsp3) is 0.154. The fourth-order valence-electron chi connectivity index (χ4n) is 13.0. The zero-order valence-electron chi connectivity index (χ0n) is 50.9. The second-order valence-electron chi connectivity index (χ2n) is 25.6. The van der Waals surface area contributed by atoms with Gasteiger partial charge in [-0.2, -0.15) is 73.5 Å². The van der Waals surface area contributed by atoms with E-state index in [0.29, 0.717) is 0 Å². The minimum atomic E-state index is -0.311. The molecule has 12 aromatic rings. The van der Waals surface area contributed by atoms with Gasteiger partial charge in [-0.3, -0.25) is 17.7 Å². The van der Waals surface area contributed by atoms with Gasteiger partial charge in [0.15, 0.2) is 0 Å². The first-order valence-corrected chi connectivity index (χ1v) is 28.9. The maximum atomic E-state index is 6.42. The molecular formula is C78H64BCd3N3O. The zero-order chi connectivity index (χ0) is 57.3. The minimum Gasteiger partial charge on any atom is -0.463 e. The summed E-state index contributed by atoms with van der Waals surface area (Å²) in [5, 5.41) is 4.54. The maximum absolute atomic E-state index is 6.42. The summed E-state index contributed by atoms with van der Waals surface area (Å²) in [7, 11) is 0. The molecule has 0 aliphatic carbocycles. The molecule has 0 amide bonds. The van der Waals surface area contributed by atoms with Crippen LogP contribution in [0.4, 0.5) is 51.2 Å². The smallest absolute Gasteiger partial charge is 0.463 e. The summed E-state index contributed by atoms with van der Waals surface area (Å²) in [6.07, 6.45) is 0. The molecular weight excluding hydrogens is 1340 g/mol. The second-order valence-corrected chi connectivity index (χ2v) is 25.6. The summed E-state index contributed by atoms with van der Waals surface area (Å²) in [5.74, 6) is 0. The van der Waals surface area contributed by atoms with Gasteiger partial charge in [-0.05, 0) is 57.5 Å². The van der Waals surface area contributed by atoms with Crippen LogP contribution in [0.3, 0.4) is 0 Å². The van der Waals surface area contributed by atoms with Gasteiger partial charge in [-0.15, -0.1) is 34.1 Å². The molecule has 0 atom stereocenters. The van der Waals surface area contributed by atoms with E-state index in [1.54, 1.807) is 0 Å². The molecule has 14 rings (SSSR count). The third-order valence-electron chi connectivity index (χ3n) is 17.1. The van der Waals surface area contributed by atoms with Crippen molar-refractivity contribution in [2.75, 3.05) is 14.7 Å². The Labute approximate surface area is 569 Å². The number of hydrogen-bond acceptors (Lipinski definition) is 4. The van der Waals surface area contributed by atoms with Crippen molar-refractivity contribution < 1.29 is 86.3 Å². The van der Waals surface area contributed by atoms with E-state index in [-0.39, 0.29) is 105 Å². The minimum absolute atomic E-state index is 0. The molecule has 0 saturated heterocycles. The predicted octanol–water partition coefficient (Wildman–Crippen LogP) is 19.1. The average Bonchev–Trinajstić information content (AvgIpc) is 0.842. The zero-order valence-corrected chi connectivity index (χ0v) is 63.0. The van der Waals surface area contributed by atoms with Gasteiger partial charge in [0.1, 0.15) is 11.2 Å². The Hall–Kier alpha value is -6.55. The number of nitrogens with zero attached hydrogens (tertiary/aromatic N) is 3. The van der Waals surface area contributed by atoms with Crippen molar-refractivity contribution in [2.24, 2.45) is 0 Å². The van der Waals surface area contributed by atoms with Crippen LogP contribution in [-0.2, 0) is 98.1 Å². The Bertz CT molecular complexity index is 4540. The van der Waals surface area contributed by atoms with Crippen molar-refractivity contribution >= 4 is 107 Å². The van der Waals surface area contributed by atoms with E-state index >= 15 is 0 Å². The Morgan fingerprint density at radius 2 is 1.21 bits per heavy atom. The Balaban J connectivity index is 0.00000256. The first kappa shape index (κ1) is 61.1. The molecule has 3 heterocycles. The molecule has 0 fully saturated rings. The van der Waals surface area contributed by atoms with Crippen LogP contribution in [-0.4, -0.2) is 6.71 Å². The van der Waals surface area contributed by atoms with Crippen LogP contribution >= 0.6 is 0 Å². The monoisotopic (exact) mass is 1410 g/mol. The number of rotatable bonds is 7. The van der Waals surface area contributed by atoms with Gasteiger partial charge in [-0.25, -0.2) is 5.69 Å². The Morgan fingerprint density at radius 1 is 0.512 bits per heavy atom. The van der Waals surface area contributed by atoms with Crippen molar-refractivity contribution in [3.05, 3.63) is 266 Å². The van der Waals surface area contributed by atoms with Crippen molar-refractivity contribution in [1.82, 2.24) is 0 Å². The molecule has 86 heavy (non-hydrogen) atoms. The van der Waals surface area contributed by atoms with E-state index in [0.717, 1.165) is 112 Å². The maximum Gasteiger partial charge on any atom is 2.00 e. The summed E-state index contributed by atoms with van der Waals surface area (Å²) >= 11 is 0. The molecule has 0 N–H and O–H groups in total. The van der Waals surface area contributed by atoms with Gasteiger partial charge in [0.05, 0.1) is 5.69 Å². The third kappa shape index (κ3) is 10.3. The molecule has 0 spiro atoms. The second kappa shape index (κ2) is 23.2. The van der Waals surface area contributed by atoms with Gasteiger partial charge in [0.2, 0.25) is 6.71 Å². The summed E-state index contributed by atoms with van der Waals surface area (Å²) in [6.45, 7) is 30.3. The van der Waals surface area contributed by atoms with Crippen molar-refractivity contribution in [2.45, 2.75) is 78.6 Å². The summed E-state index contributed by atoms with van der Waals surface area (Å²) in [4.78, 5) is 7.26. The quantitative estimate of drug-likeness (QED) is 0.117. The first-order valence-electron chi connectivity index (χ1n) is 28.9. The molecule has 0 saturated carbocycles. The molecule has 4 nitrogen and oxygen atoms in total. The van der Waals surface area contributed by atoms with E-state index in [2.05, 4.69) is 277 Å². The molecule has 0 radical (unpaired) electrons. The number of anilines is 9. The Morgan fingerprint density at radius 3 is 1.91 bits per heavy atom. The molecule has 11 aromatic carbocycles. The summed E-state index contributed by atoms with van der Waals surface area (Å²) in [5.41, 5.74) is 23.5. The van der Waals surface area contributed by atoms with Crippen LogP contribution in [0, 0.1) is 38.1 Å².